The summed E-state index contributed by atoms with van der Waals surface area (Å²) in [6.07, 6.45) is 1.15. The monoisotopic (exact) mass is 400 g/mol. The first-order valence-electron chi connectivity index (χ1n) is 11.5. The summed E-state index contributed by atoms with van der Waals surface area (Å²) in [6, 6.07) is 11.2. The number of nitrogens with zero attached hydrogens (tertiary/aromatic N) is 4. The van der Waals surface area contributed by atoms with E-state index in [4.69, 9.17) is 4.99 Å². The second-order valence-corrected chi connectivity index (χ2v) is 8.47. The van der Waals surface area contributed by atoms with Crippen LogP contribution in [0.25, 0.3) is 0 Å². The molecule has 1 aromatic carbocycles. The molecule has 1 aromatic rings. The van der Waals surface area contributed by atoms with E-state index in [1.54, 1.807) is 0 Å². The minimum Gasteiger partial charge on any atom is -0.369 e. The van der Waals surface area contributed by atoms with Crippen LogP contribution in [0.2, 0.25) is 0 Å². The van der Waals surface area contributed by atoms with Crippen LogP contribution < -0.4 is 15.5 Å². The number of likely N-dealkylation sites (N-methyl/N-ethyl adjacent to an activating group) is 1. The number of rotatable bonds is 8. The molecular weight excluding hydrogens is 360 g/mol. The Kier molecular flexibility index (Phi) is 8.62. The largest absolute Gasteiger partial charge is 0.369 e. The van der Waals surface area contributed by atoms with Gasteiger partial charge in [-0.2, -0.15) is 0 Å². The maximum Gasteiger partial charge on any atom is 0.191 e. The van der Waals surface area contributed by atoms with Crippen LogP contribution in [0.1, 0.15) is 27.2 Å². The van der Waals surface area contributed by atoms with Gasteiger partial charge in [0.25, 0.3) is 0 Å². The smallest absolute Gasteiger partial charge is 0.191 e. The van der Waals surface area contributed by atoms with Gasteiger partial charge in [-0.1, -0.05) is 32.0 Å². The molecule has 2 heterocycles. The Bertz CT molecular complexity index is 611. The fraction of sp³-hybridized carbons (Fsp3) is 0.696. The van der Waals surface area contributed by atoms with E-state index in [0.717, 1.165) is 45.1 Å². The molecule has 6 heteroatoms. The van der Waals surface area contributed by atoms with E-state index in [1.807, 2.05) is 0 Å². The van der Waals surface area contributed by atoms with Gasteiger partial charge >= 0.3 is 0 Å². The van der Waals surface area contributed by atoms with Crippen LogP contribution in [0.5, 0.6) is 0 Å². The Morgan fingerprint density at radius 1 is 1.07 bits per heavy atom. The van der Waals surface area contributed by atoms with Gasteiger partial charge in [0, 0.05) is 70.6 Å². The van der Waals surface area contributed by atoms with Gasteiger partial charge in [-0.3, -0.25) is 4.99 Å². The first kappa shape index (κ1) is 21.9. The highest BCUT2D eigenvalue weighted by molar-refractivity contribution is 5.80. The van der Waals surface area contributed by atoms with Crippen molar-refractivity contribution in [3.8, 4) is 0 Å². The lowest BCUT2D eigenvalue weighted by Gasteiger charge is -2.35. The second-order valence-electron chi connectivity index (χ2n) is 8.47. The molecule has 0 aliphatic carbocycles. The molecule has 0 aromatic heterocycles. The molecule has 0 radical (unpaired) electrons. The van der Waals surface area contributed by atoms with Crippen LogP contribution in [-0.4, -0.2) is 87.2 Å². The van der Waals surface area contributed by atoms with Crippen LogP contribution in [0.4, 0.5) is 5.69 Å². The van der Waals surface area contributed by atoms with Gasteiger partial charge in [0.2, 0.25) is 0 Å². The van der Waals surface area contributed by atoms with Gasteiger partial charge < -0.3 is 25.3 Å². The van der Waals surface area contributed by atoms with E-state index >= 15 is 0 Å². The Morgan fingerprint density at radius 3 is 2.48 bits per heavy atom. The van der Waals surface area contributed by atoms with E-state index in [2.05, 4.69) is 76.4 Å². The van der Waals surface area contributed by atoms with Crippen molar-refractivity contribution in [2.45, 2.75) is 33.2 Å². The van der Waals surface area contributed by atoms with Crippen molar-refractivity contribution < 1.29 is 0 Å². The van der Waals surface area contributed by atoms with Crippen molar-refractivity contribution in [3.05, 3.63) is 30.3 Å². The summed E-state index contributed by atoms with van der Waals surface area (Å²) in [5.41, 5.74) is 1.32. The highest BCUT2D eigenvalue weighted by atomic mass is 15.3. The standard InChI is InChI=1S/C23H40N6/c1-4-24-23(25-17-20(3)18-28-15-13-27(5-2)14-16-28)26-21-11-12-29(19-21)22-9-7-6-8-10-22/h6-10,20-21H,4-5,11-19H2,1-3H3,(H2,24,25,26). The molecular formula is C23H40N6. The Hall–Kier alpha value is -1.79. The molecule has 2 fully saturated rings. The molecule has 3 rings (SSSR count). The van der Waals surface area contributed by atoms with Gasteiger partial charge in [-0.05, 0) is 37.9 Å². The topological polar surface area (TPSA) is 46.1 Å². The quantitative estimate of drug-likeness (QED) is 0.517. The number of anilines is 1. The summed E-state index contributed by atoms with van der Waals surface area (Å²) in [4.78, 5) is 12.5. The predicted octanol–water partition coefficient (Wildman–Crippen LogP) is 2.09. The second kappa shape index (κ2) is 11.4. The molecule has 2 unspecified atom stereocenters. The van der Waals surface area contributed by atoms with Gasteiger partial charge in [0.15, 0.2) is 5.96 Å². The van der Waals surface area contributed by atoms with Crippen LogP contribution in [0.3, 0.4) is 0 Å². The van der Waals surface area contributed by atoms with Crippen molar-refractivity contribution in [1.82, 2.24) is 20.4 Å². The highest BCUT2D eigenvalue weighted by Crippen LogP contribution is 2.19. The first-order chi connectivity index (χ1) is 14.2. The van der Waals surface area contributed by atoms with Crippen molar-refractivity contribution in [3.63, 3.8) is 0 Å². The summed E-state index contributed by atoms with van der Waals surface area (Å²) >= 11 is 0. The number of guanidine groups is 1. The Labute approximate surface area is 177 Å². The average molecular weight is 401 g/mol. The molecule has 2 saturated heterocycles. The van der Waals surface area contributed by atoms with E-state index in [0.29, 0.717) is 12.0 Å². The molecule has 162 valence electrons. The number of hydrogen-bond donors (Lipinski definition) is 2. The maximum atomic E-state index is 4.91. The van der Waals surface area contributed by atoms with E-state index in [9.17, 15) is 0 Å². The normalized spacial score (nSPS) is 22.7. The van der Waals surface area contributed by atoms with Crippen LogP contribution in [-0.2, 0) is 0 Å². The van der Waals surface area contributed by atoms with E-state index in [-0.39, 0.29) is 0 Å². The van der Waals surface area contributed by atoms with Gasteiger partial charge in [-0.15, -0.1) is 0 Å². The molecule has 0 bridgehead atoms. The van der Waals surface area contributed by atoms with Gasteiger partial charge in [-0.25, -0.2) is 0 Å². The molecule has 29 heavy (non-hydrogen) atoms. The lowest BCUT2D eigenvalue weighted by molar-refractivity contribution is 0.125. The molecule has 2 aliphatic rings. The summed E-state index contributed by atoms with van der Waals surface area (Å²) in [5.74, 6) is 1.54. The minimum atomic E-state index is 0.449. The van der Waals surface area contributed by atoms with Crippen LogP contribution in [0, 0.1) is 5.92 Å². The fourth-order valence-electron chi connectivity index (χ4n) is 4.30. The lowest BCUT2D eigenvalue weighted by atomic mass is 10.1. The number of benzene rings is 1. The number of para-hydroxylation sites is 1. The van der Waals surface area contributed by atoms with Crippen LogP contribution >= 0.6 is 0 Å². The Morgan fingerprint density at radius 2 is 1.79 bits per heavy atom. The molecule has 6 nitrogen and oxygen atoms in total. The summed E-state index contributed by atoms with van der Waals surface area (Å²) in [6.45, 7) is 17.7. The zero-order valence-electron chi connectivity index (χ0n) is 18.6. The number of piperazine rings is 1. The minimum absolute atomic E-state index is 0.449. The molecule has 2 N–H and O–H groups in total. The van der Waals surface area contributed by atoms with Crippen molar-refractivity contribution >= 4 is 11.6 Å². The molecule has 0 amide bonds. The molecule has 2 aliphatic heterocycles. The van der Waals surface area contributed by atoms with Gasteiger partial charge in [0.1, 0.15) is 0 Å². The molecule has 0 saturated carbocycles. The van der Waals surface area contributed by atoms with Crippen molar-refractivity contribution in [1.29, 1.82) is 0 Å². The zero-order chi connectivity index (χ0) is 20.5. The molecule has 2 atom stereocenters. The first-order valence-corrected chi connectivity index (χ1v) is 11.5. The Balaban J connectivity index is 1.44. The predicted molar refractivity (Wildman–Crippen MR) is 124 cm³/mol. The van der Waals surface area contributed by atoms with Crippen molar-refractivity contribution in [2.75, 3.05) is 70.3 Å². The summed E-state index contributed by atoms with van der Waals surface area (Å²) < 4.78 is 0. The summed E-state index contributed by atoms with van der Waals surface area (Å²) in [5, 5.41) is 7.10. The summed E-state index contributed by atoms with van der Waals surface area (Å²) in [7, 11) is 0. The van der Waals surface area contributed by atoms with Crippen LogP contribution in [0.15, 0.2) is 35.3 Å². The lowest BCUT2D eigenvalue weighted by Crippen LogP contribution is -2.47. The average Bonchev–Trinajstić information content (AvgIpc) is 3.22. The van der Waals surface area contributed by atoms with E-state index in [1.165, 1.54) is 38.4 Å². The van der Waals surface area contributed by atoms with E-state index < -0.39 is 0 Å². The third-order valence-electron chi connectivity index (χ3n) is 6.04. The zero-order valence-corrected chi connectivity index (χ0v) is 18.6. The fourth-order valence-corrected chi connectivity index (χ4v) is 4.30. The maximum absolute atomic E-state index is 4.91. The SMILES string of the molecule is CCNC(=NCC(C)CN1CCN(CC)CC1)NC1CCN(c2ccccc2)C1. The number of nitrogens with one attached hydrogen (secondary N) is 2. The number of hydrogen-bond acceptors (Lipinski definition) is 4. The van der Waals surface area contributed by atoms with Crippen molar-refractivity contribution in [2.24, 2.45) is 10.9 Å². The third-order valence-corrected chi connectivity index (χ3v) is 6.04. The third kappa shape index (κ3) is 6.89. The highest BCUT2D eigenvalue weighted by Gasteiger charge is 2.23. The van der Waals surface area contributed by atoms with Gasteiger partial charge in [0.05, 0.1) is 0 Å². The number of aliphatic imine (C=N–C) groups is 1. The molecule has 0 spiro atoms.